The van der Waals surface area contributed by atoms with E-state index in [1.807, 2.05) is 0 Å². The molecule has 0 aliphatic carbocycles. The molecule has 0 fully saturated rings. The van der Waals surface area contributed by atoms with E-state index in [1.54, 1.807) is 0 Å². The number of likely N-dealkylation sites (N-methyl/N-ethyl adjacent to an activating group) is 1. The molecule has 1 aromatic rings. The van der Waals surface area contributed by atoms with Crippen LogP contribution in [0.1, 0.15) is 39.3 Å². The van der Waals surface area contributed by atoms with Gasteiger partial charge in [-0.1, -0.05) is 28.9 Å². The molecule has 1 unspecified atom stereocenters. The Kier molecular flexibility index (Phi) is 7.56. The van der Waals surface area contributed by atoms with Gasteiger partial charge in [-0.2, -0.15) is 0 Å². The molecule has 3 nitrogen and oxygen atoms in total. The van der Waals surface area contributed by atoms with Crippen LogP contribution in [0.15, 0.2) is 22.7 Å². The molecule has 0 aromatic heterocycles. The third-order valence-electron chi connectivity index (χ3n) is 3.26. The Morgan fingerprint density at radius 1 is 1.30 bits per heavy atom. The van der Waals surface area contributed by atoms with Crippen molar-refractivity contribution in [3.8, 4) is 0 Å². The summed E-state index contributed by atoms with van der Waals surface area (Å²) in [5, 5.41) is 3.48. The number of nitrogens with one attached hydrogen (secondary N) is 1. The highest BCUT2D eigenvalue weighted by molar-refractivity contribution is 9.10. The summed E-state index contributed by atoms with van der Waals surface area (Å²) in [4.78, 5) is 2.26. The van der Waals surface area contributed by atoms with Crippen LogP contribution in [-0.2, 0) is 4.74 Å². The Balaban J connectivity index is 2.82. The van der Waals surface area contributed by atoms with E-state index >= 15 is 0 Å². The second-order valence-corrected chi connectivity index (χ2v) is 6.24. The highest BCUT2D eigenvalue weighted by atomic mass is 79.9. The molecule has 1 atom stereocenters. The van der Waals surface area contributed by atoms with Gasteiger partial charge in [0, 0.05) is 29.8 Å². The standard InChI is InChI=1S/C16H27BrN2O/c1-6-18-13(4)15-8-7-14(17)11-16(15)19(5)9-10-20-12(2)3/h7-8,11-13,18H,6,9-10H2,1-5H3. The SMILES string of the molecule is CCNC(C)c1ccc(Br)cc1N(C)CCOC(C)C. The zero-order valence-corrected chi connectivity index (χ0v) is 14.8. The number of ether oxygens (including phenoxy) is 1. The Labute approximate surface area is 131 Å². The molecule has 1 aromatic carbocycles. The number of benzene rings is 1. The number of hydrogen-bond donors (Lipinski definition) is 1. The van der Waals surface area contributed by atoms with Gasteiger partial charge in [0.2, 0.25) is 0 Å². The van der Waals surface area contributed by atoms with Gasteiger partial charge in [-0.15, -0.1) is 0 Å². The summed E-state index contributed by atoms with van der Waals surface area (Å²) in [5.74, 6) is 0. The molecule has 0 aliphatic rings. The molecule has 1 rings (SSSR count). The Morgan fingerprint density at radius 3 is 2.60 bits per heavy atom. The first-order valence-electron chi connectivity index (χ1n) is 7.31. The molecule has 20 heavy (non-hydrogen) atoms. The number of hydrogen-bond acceptors (Lipinski definition) is 3. The predicted molar refractivity (Wildman–Crippen MR) is 90.6 cm³/mol. The highest BCUT2D eigenvalue weighted by Gasteiger charge is 2.13. The molecule has 1 N–H and O–H groups in total. The lowest BCUT2D eigenvalue weighted by molar-refractivity contribution is 0.0846. The van der Waals surface area contributed by atoms with Crippen LogP contribution in [0.25, 0.3) is 0 Å². The van der Waals surface area contributed by atoms with Gasteiger partial charge in [-0.25, -0.2) is 0 Å². The van der Waals surface area contributed by atoms with Crippen molar-refractivity contribution in [1.29, 1.82) is 0 Å². The smallest absolute Gasteiger partial charge is 0.0644 e. The van der Waals surface area contributed by atoms with Crippen molar-refractivity contribution in [1.82, 2.24) is 5.32 Å². The van der Waals surface area contributed by atoms with Crippen molar-refractivity contribution in [2.45, 2.75) is 39.8 Å². The second-order valence-electron chi connectivity index (χ2n) is 5.32. The minimum Gasteiger partial charge on any atom is -0.377 e. The average Bonchev–Trinajstić information content (AvgIpc) is 2.38. The fourth-order valence-electron chi connectivity index (χ4n) is 2.18. The first-order valence-corrected chi connectivity index (χ1v) is 8.10. The molecular weight excluding hydrogens is 316 g/mol. The van der Waals surface area contributed by atoms with Crippen molar-refractivity contribution >= 4 is 21.6 Å². The van der Waals surface area contributed by atoms with Crippen molar-refractivity contribution < 1.29 is 4.74 Å². The van der Waals surface area contributed by atoms with Gasteiger partial charge in [0.25, 0.3) is 0 Å². The Bertz CT molecular complexity index is 409. The molecule has 0 heterocycles. The van der Waals surface area contributed by atoms with E-state index in [2.05, 4.69) is 79.1 Å². The molecule has 0 radical (unpaired) electrons. The van der Waals surface area contributed by atoms with Gasteiger partial charge in [0.1, 0.15) is 0 Å². The second kappa shape index (κ2) is 8.65. The average molecular weight is 343 g/mol. The molecular formula is C16H27BrN2O. The maximum atomic E-state index is 5.64. The summed E-state index contributed by atoms with van der Waals surface area (Å²) in [6.45, 7) is 11.1. The van der Waals surface area contributed by atoms with Crippen LogP contribution in [-0.4, -0.2) is 32.8 Å². The van der Waals surface area contributed by atoms with Gasteiger partial charge in [-0.05, 0) is 45.0 Å². The summed E-state index contributed by atoms with van der Waals surface area (Å²) < 4.78 is 6.75. The largest absolute Gasteiger partial charge is 0.377 e. The molecule has 0 bridgehead atoms. The van der Waals surface area contributed by atoms with Crippen molar-refractivity contribution in [3.63, 3.8) is 0 Å². The Hall–Kier alpha value is -0.580. The Morgan fingerprint density at radius 2 is 2.00 bits per heavy atom. The van der Waals surface area contributed by atoms with Crippen LogP contribution < -0.4 is 10.2 Å². The maximum Gasteiger partial charge on any atom is 0.0644 e. The first kappa shape index (κ1) is 17.5. The highest BCUT2D eigenvalue weighted by Crippen LogP contribution is 2.29. The summed E-state index contributed by atoms with van der Waals surface area (Å²) in [6, 6.07) is 6.81. The van der Waals surface area contributed by atoms with Crippen LogP contribution in [0, 0.1) is 0 Å². The quantitative estimate of drug-likeness (QED) is 0.773. The van der Waals surface area contributed by atoms with Crippen LogP contribution in [0.2, 0.25) is 0 Å². The van der Waals surface area contributed by atoms with E-state index in [0.29, 0.717) is 6.04 Å². The number of nitrogens with zero attached hydrogens (tertiary/aromatic N) is 1. The molecule has 0 amide bonds. The van der Waals surface area contributed by atoms with Gasteiger partial charge in [0.05, 0.1) is 12.7 Å². The lowest BCUT2D eigenvalue weighted by Gasteiger charge is -2.26. The summed E-state index contributed by atoms with van der Waals surface area (Å²) >= 11 is 3.57. The molecule has 4 heteroatoms. The van der Waals surface area contributed by atoms with Gasteiger partial charge in [0.15, 0.2) is 0 Å². The van der Waals surface area contributed by atoms with Gasteiger partial charge in [-0.3, -0.25) is 0 Å². The molecule has 0 spiro atoms. The topological polar surface area (TPSA) is 24.5 Å². The van der Waals surface area contributed by atoms with Gasteiger partial charge < -0.3 is 15.0 Å². The molecule has 0 saturated heterocycles. The van der Waals surface area contributed by atoms with Crippen LogP contribution >= 0.6 is 15.9 Å². The van der Waals surface area contributed by atoms with Crippen LogP contribution in [0.5, 0.6) is 0 Å². The minimum atomic E-state index is 0.283. The normalized spacial score (nSPS) is 12.8. The third-order valence-corrected chi connectivity index (χ3v) is 3.75. The number of rotatable bonds is 8. The molecule has 0 saturated carbocycles. The fraction of sp³-hybridized carbons (Fsp3) is 0.625. The fourth-order valence-corrected chi connectivity index (χ4v) is 2.52. The zero-order valence-electron chi connectivity index (χ0n) is 13.2. The van der Waals surface area contributed by atoms with Crippen molar-refractivity contribution in [2.75, 3.05) is 31.6 Å². The van der Waals surface area contributed by atoms with Crippen molar-refractivity contribution in [2.24, 2.45) is 0 Å². The first-order chi connectivity index (χ1) is 9.45. The number of halogens is 1. The summed E-state index contributed by atoms with van der Waals surface area (Å²) in [6.07, 6.45) is 0.283. The van der Waals surface area contributed by atoms with E-state index in [0.717, 1.165) is 24.2 Å². The van der Waals surface area contributed by atoms with E-state index in [9.17, 15) is 0 Å². The molecule has 0 aliphatic heterocycles. The van der Waals surface area contributed by atoms with E-state index in [1.165, 1.54) is 11.3 Å². The summed E-state index contributed by atoms with van der Waals surface area (Å²) in [7, 11) is 2.12. The zero-order chi connectivity index (χ0) is 15.1. The summed E-state index contributed by atoms with van der Waals surface area (Å²) in [5.41, 5.74) is 2.57. The van der Waals surface area contributed by atoms with Crippen LogP contribution in [0.3, 0.4) is 0 Å². The lowest BCUT2D eigenvalue weighted by Crippen LogP contribution is -2.27. The maximum absolute atomic E-state index is 5.64. The van der Waals surface area contributed by atoms with Crippen molar-refractivity contribution in [3.05, 3.63) is 28.2 Å². The molecule has 114 valence electrons. The van der Waals surface area contributed by atoms with Crippen LogP contribution in [0.4, 0.5) is 5.69 Å². The van der Waals surface area contributed by atoms with E-state index < -0.39 is 0 Å². The third kappa shape index (κ3) is 5.43. The van der Waals surface area contributed by atoms with E-state index in [-0.39, 0.29) is 6.10 Å². The van der Waals surface area contributed by atoms with E-state index in [4.69, 9.17) is 4.74 Å². The minimum absolute atomic E-state index is 0.283. The predicted octanol–water partition coefficient (Wildman–Crippen LogP) is 3.98. The lowest BCUT2D eigenvalue weighted by atomic mass is 10.1. The number of anilines is 1. The van der Waals surface area contributed by atoms with Gasteiger partial charge >= 0.3 is 0 Å². The monoisotopic (exact) mass is 342 g/mol.